The Balaban J connectivity index is 2.74. The van der Waals surface area contributed by atoms with Gasteiger partial charge in [0.1, 0.15) is 5.70 Å². The smallest absolute Gasteiger partial charge is 0.352 e. The summed E-state index contributed by atoms with van der Waals surface area (Å²) < 4.78 is 0. The minimum Gasteiger partial charge on any atom is -0.477 e. The van der Waals surface area contributed by atoms with Gasteiger partial charge in [-0.1, -0.05) is 11.8 Å². The van der Waals surface area contributed by atoms with Crippen molar-refractivity contribution in [1.82, 2.24) is 5.32 Å². The maximum atomic E-state index is 10.2. The van der Waals surface area contributed by atoms with Gasteiger partial charge in [0.2, 0.25) is 0 Å². The van der Waals surface area contributed by atoms with Gasteiger partial charge in [0.25, 0.3) is 0 Å². The van der Waals surface area contributed by atoms with E-state index in [1.54, 1.807) is 0 Å². The van der Waals surface area contributed by atoms with E-state index in [-0.39, 0.29) is 5.70 Å². The number of allylic oxidation sites excluding steroid dienone is 1. The van der Waals surface area contributed by atoms with Crippen LogP contribution in [-0.4, -0.2) is 17.6 Å². The maximum Gasteiger partial charge on any atom is 0.352 e. The normalized spacial score (nSPS) is 14.4. The first-order valence-corrected chi connectivity index (χ1v) is 2.46. The molecule has 1 rings (SSSR count). The van der Waals surface area contributed by atoms with Crippen molar-refractivity contribution in [2.24, 2.45) is 0 Å². The molecule has 0 aromatic rings. The fraction of sp³-hybridized carbons (Fsp3) is 0.167. The van der Waals surface area contributed by atoms with Crippen LogP contribution in [0.25, 0.3) is 0 Å². The minimum absolute atomic E-state index is 0.175. The second-order valence-electron chi connectivity index (χ2n) is 1.54. The SMILES string of the molecule is O=C(O)C1=CC#CCN1. The first kappa shape index (κ1) is 5.70. The summed E-state index contributed by atoms with van der Waals surface area (Å²) in [5.41, 5.74) is 0.175. The van der Waals surface area contributed by atoms with Crippen LogP contribution in [0.15, 0.2) is 11.8 Å². The first-order valence-electron chi connectivity index (χ1n) is 2.46. The van der Waals surface area contributed by atoms with E-state index >= 15 is 0 Å². The van der Waals surface area contributed by atoms with Gasteiger partial charge in [-0.05, 0) is 0 Å². The number of rotatable bonds is 1. The molecule has 0 unspecified atom stereocenters. The van der Waals surface area contributed by atoms with Crippen molar-refractivity contribution < 1.29 is 9.90 Å². The fourth-order valence-corrected chi connectivity index (χ4v) is 0.502. The van der Waals surface area contributed by atoms with Crippen molar-refractivity contribution in [2.75, 3.05) is 6.54 Å². The molecule has 0 fully saturated rings. The van der Waals surface area contributed by atoms with Crippen LogP contribution in [-0.2, 0) is 4.79 Å². The highest BCUT2D eigenvalue weighted by atomic mass is 16.4. The van der Waals surface area contributed by atoms with Crippen LogP contribution < -0.4 is 5.32 Å². The molecule has 0 spiro atoms. The van der Waals surface area contributed by atoms with Crippen molar-refractivity contribution >= 4 is 5.97 Å². The Hall–Kier alpha value is -1.43. The number of carbonyl (C=O) groups is 1. The third-order valence-corrected chi connectivity index (χ3v) is 0.916. The molecular formula is C6H5NO2. The van der Waals surface area contributed by atoms with Crippen LogP contribution in [0.4, 0.5) is 0 Å². The van der Waals surface area contributed by atoms with Crippen LogP contribution in [0.2, 0.25) is 0 Å². The molecule has 0 amide bonds. The fourth-order valence-electron chi connectivity index (χ4n) is 0.502. The molecule has 2 N–H and O–H groups in total. The second-order valence-corrected chi connectivity index (χ2v) is 1.54. The highest BCUT2D eigenvalue weighted by Crippen LogP contribution is 1.89. The molecule has 9 heavy (non-hydrogen) atoms. The van der Waals surface area contributed by atoms with Crippen LogP contribution >= 0.6 is 0 Å². The van der Waals surface area contributed by atoms with Crippen molar-refractivity contribution in [3.8, 4) is 11.8 Å². The van der Waals surface area contributed by atoms with Crippen LogP contribution in [0.3, 0.4) is 0 Å². The molecule has 46 valence electrons. The van der Waals surface area contributed by atoms with Crippen molar-refractivity contribution in [2.45, 2.75) is 0 Å². The third-order valence-electron chi connectivity index (χ3n) is 0.916. The lowest BCUT2D eigenvalue weighted by molar-refractivity contribution is -0.133. The maximum absolute atomic E-state index is 10.2. The lowest BCUT2D eigenvalue weighted by Gasteiger charge is -2.02. The number of carboxylic acids is 1. The molecule has 0 saturated carbocycles. The highest BCUT2D eigenvalue weighted by Gasteiger charge is 2.04. The standard InChI is InChI=1S/C6H5NO2/c8-6(9)5-3-1-2-4-7-5/h3,7H,4H2,(H,8,9). The molecule has 0 aliphatic carbocycles. The van der Waals surface area contributed by atoms with Gasteiger partial charge in [0.15, 0.2) is 0 Å². The molecular weight excluding hydrogens is 118 g/mol. The summed E-state index contributed by atoms with van der Waals surface area (Å²) >= 11 is 0. The van der Waals surface area contributed by atoms with Crippen molar-refractivity contribution in [3.05, 3.63) is 11.8 Å². The molecule has 0 atom stereocenters. The topological polar surface area (TPSA) is 49.3 Å². The molecule has 3 heteroatoms. The molecule has 0 aromatic heterocycles. The van der Waals surface area contributed by atoms with Gasteiger partial charge >= 0.3 is 5.97 Å². The Morgan fingerprint density at radius 3 is 3.00 bits per heavy atom. The Kier molecular flexibility index (Phi) is 1.41. The summed E-state index contributed by atoms with van der Waals surface area (Å²) in [6.07, 6.45) is 1.35. The summed E-state index contributed by atoms with van der Waals surface area (Å²) in [5.74, 6) is 4.27. The van der Waals surface area contributed by atoms with Gasteiger partial charge in [-0.2, -0.15) is 0 Å². The molecule has 1 aliphatic heterocycles. The van der Waals surface area contributed by atoms with Crippen molar-refractivity contribution in [3.63, 3.8) is 0 Å². The van der Waals surface area contributed by atoms with Crippen LogP contribution in [0.5, 0.6) is 0 Å². The van der Waals surface area contributed by atoms with E-state index in [2.05, 4.69) is 17.2 Å². The van der Waals surface area contributed by atoms with Gasteiger partial charge in [0, 0.05) is 6.08 Å². The number of aliphatic carboxylic acids is 1. The van der Waals surface area contributed by atoms with Gasteiger partial charge in [0.05, 0.1) is 6.54 Å². The van der Waals surface area contributed by atoms with Gasteiger partial charge in [-0.25, -0.2) is 4.79 Å². The monoisotopic (exact) mass is 123 g/mol. The largest absolute Gasteiger partial charge is 0.477 e. The molecule has 1 aliphatic rings. The molecule has 0 bridgehead atoms. The Bertz CT molecular complexity index is 219. The molecule has 1 heterocycles. The van der Waals surface area contributed by atoms with Gasteiger partial charge in [-0.15, -0.1) is 0 Å². The quantitative estimate of drug-likeness (QED) is 0.465. The van der Waals surface area contributed by atoms with E-state index in [0.29, 0.717) is 6.54 Å². The lowest BCUT2D eigenvalue weighted by atomic mass is 10.3. The van der Waals surface area contributed by atoms with E-state index in [4.69, 9.17) is 5.11 Å². The summed E-state index contributed by atoms with van der Waals surface area (Å²) in [6, 6.07) is 0. The molecule has 0 saturated heterocycles. The summed E-state index contributed by atoms with van der Waals surface area (Å²) in [4.78, 5) is 10.2. The zero-order valence-electron chi connectivity index (χ0n) is 4.64. The van der Waals surface area contributed by atoms with Crippen molar-refractivity contribution in [1.29, 1.82) is 0 Å². The number of hydrogen-bond acceptors (Lipinski definition) is 2. The number of hydrogen-bond donors (Lipinski definition) is 2. The van der Waals surface area contributed by atoms with Crippen LogP contribution in [0.1, 0.15) is 0 Å². The summed E-state index contributed by atoms with van der Waals surface area (Å²) in [6.45, 7) is 0.429. The average molecular weight is 123 g/mol. The minimum atomic E-state index is -0.955. The zero-order chi connectivity index (χ0) is 6.69. The number of nitrogens with one attached hydrogen (secondary N) is 1. The third kappa shape index (κ3) is 1.23. The van der Waals surface area contributed by atoms with E-state index in [1.165, 1.54) is 6.08 Å². The van der Waals surface area contributed by atoms with E-state index in [0.717, 1.165) is 0 Å². The Morgan fingerprint density at radius 2 is 2.67 bits per heavy atom. The highest BCUT2D eigenvalue weighted by molar-refractivity contribution is 5.86. The molecule has 0 radical (unpaired) electrons. The Morgan fingerprint density at radius 1 is 1.89 bits per heavy atom. The molecule has 3 nitrogen and oxygen atoms in total. The van der Waals surface area contributed by atoms with Crippen LogP contribution in [0, 0.1) is 11.8 Å². The predicted octanol–water partition coefficient (Wildman–Crippen LogP) is -0.439. The van der Waals surface area contributed by atoms with Gasteiger partial charge in [-0.3, -0.25) is 0 Å². The Labute approximate surface area is 52.4 Å². The summed E-state index contributed by atoms with van der Waals surface area (Å²) in [5, 5.41) is 10.9. The van der Waals surface area contributed by atoms with Gasteiger partial charge < -0.3 is 10.4 Å². The summed E-state index contributed by atoms with van der Waals surface area (Å²) in [7, 11) is 0. The van der Waals surface area contributed by atoms with E-state index in [9.17, 15) is 4.79 Å². The van der Waals surface area contributed by atoms with E-state index in [1.807, 2.05) is 0 Å². The molecule has 0 aromatic carbocycles. The second kappa shape index (κ2) is 2.23. The lowest BCUT2D eigenvalue weighted by Crippen LogP contribution is -2.21. The van der Waals surface area contributed by atoms with E-state index < -0.39 is 5.97 Å². The first-order chi connectivity index (χ1) is 4.30. The zero-order valence-corrected chi connectivity index (χ0v) is 4.64. The predicted molar refractivity (Wildman–Crippen MR) is 31.5 cm³/mol. The number of carboxylic acid groups (broad SMARTS) is 1. The average Bonchev–Trinajstić information content (AvgIpc) is 1.90.